The predicted octanol–water partition coefficient (Wildman–Crippen LogP) is 2.70. The molecule has 2 rings (SSSR count). The molecule has 1 heterocycles. The summed E-state index contributed by atoms with van der Waals surface area (Å²) < 4.78 is 0. The molecule has 1 aromatic heterocycles. The monoisotopic (exact) mass is 361 g/mol. The molecule has 0 saturated heterocycles. The first-order valence-corrected chi connectivity index (χ1v) is 9.22. The van der Waals surface area contributed by atoms with E-state index in [1.54, 1.807) is 0 Å². The average Bonchev–Trinajstić information content (AvgIpc) is 2.59. The van der Waals surface area contributed by atoms with Crippen LogP contribution < -0.4 is 10.9 Å². The third-order valence-electron chi connectivity index (χ3n) is 4.12. The number of nitrogens with one attached hydrogen (secondary N) is 2. The molecule has 5 nitrogen and oxygen atoms in total. The number of aliphatic hydroxyl groups is 1. The summed E-state index contributed by atoms with van der Waals surface area (Å²) >= 11 is 5.48. The Morgan fingerprint density at radius 1 is 1.32 bits per heavy atom. The predicted molar refractivity (Wildman–Crippen MR) is 107 cm³/mol. The van der Waals surface area contributed by atoms with Gasteiger partial charge in [-0.05, 0) is 55.6 Å². The van der Waals surface area contributed by atoms with Gasteiger partial charge in [-0.25, -0.2) is 0 Å². The second-order valence-electron chi connectivity index (χ2n) is 6.30. The quantitative estimate of drug-likeness (QED) is 0.498. The molecule has 3 N–H and O–H groups in total. The van der Waals surface area contributed by atoms with Gasteiger partial charge in [-0.1, -0.05) is 25.0 Å². The maximum atomic E-state index is 12.4. The summed E-state index contributed by atoms with van der Waals surface area (Å²) in [5.74, 6) is 0. The number of aryl methyl sites for hydroxylation is 1. The minimum atomic E-state index is -0.0956. The van der Waals surface area contributed by atoms with Crippen LogP contribution in [0.5, 0.6) is 0 Å². The van der Waals surface area contributed by atoms with Gasteiger partial charge in [0, 0.05) is 30.8 Å². The van der Waals surface area contributed by atoms with Gasteiger partial charge in [0.2, 0.25) is 0 Å². The zero-order chi connectivity index (χ0) is 18.2. The van der Waals surface area contributed by atoms with Crippen LogP contribution in [0.15, 0.2) is 29.1 Å². The first-order chi connectivity index (χ1) is 12.0. The SMILES string of the molecule is CCCCNC(=S)N(CCCO)Cc1cc2cc(C)ccc2[nH]c1=O. The highest BCUT2D eigenvalue weighted by Crippen LogP contribution is 2.14. The van der Waals surface area contributed by atoms with Crippen LogP contribution in [0.3, 0.4) is 0 Å². The number of pyridine rings is 1. The molecular weight excluding hydrogens is 334 g/mol. The number of benzene rings is 1. The van der Waals surface area contributed by atoms with Crippen molar-refractivity contribution in [3.05, 3.63) is 45.7 Å². The van der Waals surface area contributed by atoms with Gasteiger partial charge in [0.15, 0.2) is 5.11 Å². The van der Waals surface area contributed by atoms with Crippen molar-refractivity contribution >= 4 is 28.2 Å². The Kier molecular flexibility index (Phi) is 7.40. The van der Waals surface area contributed by atoms with E-state index < -0.39 is 0 Å². The van der Waals surface area contributed by atoms with Crippen molar-refractivity contribution in [1.29, 1.82) is 0 Å². The Labute approximate surface area is 154 Å². The van der Waals surface area contributed by atoms with E-state index in [-0.39, 0.29) is 12.2 Å². The maximum absolute atomic E-state index is 12.4. The van der Waals surface area contributed by atoms with E-state index in [4.69, 9.17) is 17.3 Å². The maximum Gasteiger partial charge on any atom is 0.253 e. The molecule has 0 aliphatic carbocycles. The lowest BCUT2D eigenvalue weighted by atomic mass is 10.1. The minimum Gasteiger partial charge on any atom is -0.396 e. The molecule has 136 valence electrons. The van der Waals surface area contributed by atoms with E-state index in [0.29, 0.717) is 30.2 Å². The normalized spacial score (nSPS) is 10.8. The molecule has 0 aliphatic heterocycles. The van der Waals surface area contributed by atoms with Gasteiger partial charge >= 0.3 is 0 Å². The van der Waals surface area contributed by atoms with Gasteiger partial charge < -0.3 is 20.3 Å². The van der Waals surface area contributed by atoms with Gasteiger partial charge in [-0.3, -0.25) is 4.79 Å². The number of aliphatic hydroxyl groups excluding tert-OH is 1. The topological polar surface area (TPSA) is 68.4 Å². The summed E-state index contributed by atoms with van der Waals surface area (Å²) in [6.07, 6.45) is 2.75. The van der Waals surface area contributed by atoms with Crippen LogP contribution >= 0.6 is 12.2 Å². The van der Waals surface area contributed by atoms with E-state index >= 15 is 0 Å². The van der Waals surface area contributed by atoms with Crippen LogP contribution in [0.2, 0.25) is 0 Å². The number of thiocarbonyl (C=S) groups is 1. The summed E-state index contributed by atoms with van der Waals surface area (Å²) in [4.78, 5) is 17.3. The van der Waals surface area contributed by atoms with E-state index in [0.717, 1.165) is 35.9 Å². The van der Waals surface area contributed by atoms with Gasteiger partial charge in [-0.2, -0.15) is 0 Å². The van der Waals surface area contributed by atoms with E-state index in [1.165, 1.54) is 0 Å². The summed E-state index contributed by atoms with van der Waals surface area (Å²) in [6, 6.07) is 7.90. The Balaban J connectivity index is 2.21. The van der Waals surface area contributed by atoms with Crippen molar-refractivity contribution in [3.63, 3.8) is 0 Å². The van der Waals surface area contributed by atoms with Gasteiger partial charge in [0.1, 0.15) is 0 Å². The Morgan fingerprint density at radius 2 is 2.12 bits per heavy atom. The molecule has 0 aliphatic rings. The van der Waals surface area contributed by atoms with Crippen LogP contribution in [-0.4, -0.2) is 39.8 Å². The number of hydrogen-bond donors (Lipinski definition) is 3. The highest BCUT2D eigenvalue weighted by Gasteiger charge is 2.13. The molecular formula is C19H27N3O2S. The largest absolute Gasteiger partial charge is 0.396 e. The van der Waals surface area contributed by atoms with Crippen LogP contribution in [0.4, 0.5) is 0 Å². The molecule has 0 amide bonds. The smallest absolute Gasteiger partial charge is 0.253 e. The van der Waals surface area contributed by atoms with Crippen LogP contribution in [0.25, 0.3) is 10.9 Å². The lowest BCUT2D eigenvalue weighted by molar-refractivity contribution is 0.264. The molecule has 25 heavy (non-hydrogen) atoms. The van der Waals surface area contributed by atoms with Crippen LogP contribution in [0, 0.1) is 6.92 Å². The van der Waals surface area contributed by atoms with E-state index in [1.807, 2.05) is 30.0 Å². The zero-order valence-corrected chi connectivity index (χ0v) is 15.8. The summed E-state index contributed by atoms with van der Waals surface area (Å²) in [7, 11) is 0. The summed E-state index contributed by atoms with van der Waals surface area (Å²) in [5, 5.41) is 14.0. The molecule has 0 spiro atoms. The highest BCUT2D eigenvalue weighted by molar-refractivity contribution is 7.80. The Bertz CT molecular complexity index is 773. The first kappa shape index (κ1) is 19.4. The van der Waals surface area contributed by atoms with E-state index in [2.05, 4.69) is 23.3 Å². The minimum absolute atomic E-state index is 0.0956. The Morgan fingerprint density at radius 3 is 2.84 bits per heavy atom. The number of fused-ring (bicyclic) bond motifs is 1. The molecule has 1 aromatic carbocycles. The van der Waals surface area contributed by atoms with E-state index in [9.17, 15) is 4.79 Å². The van der Waals surface area contributed by atoms with Crippen molar-refractivity contribution in [2.45, 2.75) is 39.7 Å². The molecule has 0 radical (unpaired) electrons. The average molecular weight is 362 g/mol. The van der Waals surface area contributed by atoms with Crippen molar-refractivity contribution in [1.82, 2.24) is 15.2 Å². The number of hydrogen-bond acceptors (Lipinski definition) is 3. The highest BCUT2D eigenvalue weighted by atomic mass is 32.1. The lowest BCUT2D eigenvalue weighted by Gasteiger charge is -2.25. The number of unbranched alkanes of at least 4 members (excludes halogenated alkanes) is 1. The van der Waals surface area contributed by atoms with Crippen molar-refractivity contribution < 1.29 is 5.11 Å². The lowest BCUT2D eigenvalue weighted by Crippen LogP contribution is -2.41. The second kappa shape index (κ2) is 9.53. The van der Waals surface area contributed by atoms with Crippen molar-refractivity contribution in [3.8, 4) is 0 Å². The molecule has 6 heteroatoms. The fourth-order valence-electron chi connectivity index (χ4n) is 2.69. The van der Waals surface area contributed by atoms with Gasteiger partial charge in [0.05, 0.1) is 6.54 Å². The number of aromatic amines is 1. The van der Waals surface area contributed by atoms with Crippen LogP contribution in [-0.2, 0) is 6.54 Å². The summed E-state index contributed by atoms with van der Waals surface area (Å²) in [5.41, 5.74) is 2.57. The zero-order valence-electron chi connectivity index (χ0n) is 15.0. The fourth-order valence-corrected chi connectivity index (χ4v) is 2.95. The van der Waals surface area contributed by atoms with Crippen molar-refractivity contribution in [2.24, 2.45) is 0 Å². The molecule has 0 atom stereocenters. The Hall–Kier alpha value is -1.92. The molecule has 2 aromatic rings. The third kappa shape index (κ3) is 5.54. The first-order valence-electron chi connectivity index (χ1n) is 8.81. The molecule has 0 bridgehead atoms. The second-order valence-corrected chi connectivity index (χ2v) is 6.69. The molecule has 0 unspecified atom stereocenters. The van der Waals surface area contributed by atoms with Crippen LogP contribution in [0.1, 0.15) is 37.3 Å². The fraction of sp³-hybridized carbons (Fsp3) is 0.474. The molecule has 0 fully saturated rings. The standard InChI is InChI=1S/C19H27N3O2S/c1-3-4-8-20-19(25)22(9-5-10-23)13-16-12-15-11-14(2)6-7-17(15)21-18(16)24/h6-7,11-12,23H,3-5,8-10,13H2,1-2H3,(H,20,25)(H,21,24). The number of aromatic nitrogens is 1. The molecule has 0 saturated carbocycles. The van der Waals surface area contributed by atoms with Crippen molar-refractivity contribution in [2.75, 3.05) is 19.7 Å². The van der Waals surface area contributed by atoms with Gasteiger partial charge in [0.25, 0.3) is 5.56 Å². The third-order valence-corrected chi connectivity index (χ3v) is 4.52. The summed E-state index contributed by atoms with van der Waals surface area (Å²) in [6.45, 7) is 6.12. The number of H-pyrrole nitrogens is 1. The number of rotatable bonds is 8. The van der Waals surface area contributed by atoms with Gasteiger partial charge in [-0.15, -0.1) is 0 Å². The number of nitrogens with zero attached hydrogens (tertiary/aromatic N) is 1.